The molecule has 1 aliphatic heterocycles. The zero-order valence-corrected chi connectivity index (χ0v) is 15.7. The summed E-state index contributed by atoms with van der Waals surface area (Å²) in [5.41, 5.74) is 2.61. The molecule has 1 aliphatic rings. The fourth-order valence-corrected chi connectivity index (χ4v) is 3.04. The molecule has 0 spiro atoms. The van der Waals surface area contributed by atoms with Crippen LogP contribution < -0.4 is 14.2 Å². The van der Waals surface area contributed by atoms with Crippen molar-refractivity contribution >= 4 is 11.9 Å². The molecule has 26 heavy (non-hydrogen) atoms. The molecule has 0 radical (unpaired) electrons. The minimum absolute atomic E-state index is 0.0824. The van der Waals surface area contributed by atoms with Crippen LogP contribution in [0.5, 0.6) is 17.2 Å². The highest BCUT2D eigenvalue weighted by atomic mass is 16.5. The SMILES string of the molecule is COc1ccc(C(=O)/C=C/c2ccc3c(c2)CCC(C)(C)O3)cc1OC. The zero-order chi connectivity index (χ0) is 18.7. The maximum absolute atomic E-state index is 12.5. The Kier molecular flexibility index (Phi) is 5.03. The second kappa shape index (κ2) is 7.24. The fourth-order valence-electron chi connectivity index (χ4n) is 3.04. The summed E-state index contributed by atoms with van der Waals surface area (Å²) in [7, 11) is 3.12. The Morgan fingerprint density at radius 2 is 1.85 bits per heavy atom. The van der Waals surface area contributed by atoms with Crippen molar-refractivity contribution in [2.75, 3.05) is 14.2 Å². The lowest BCUT2D eigenvalue weighted by Gasteiger charge is -2.32. The lowest BCUT2D eigenvalue weighted by molar-refractivity contribution is 0.0847. The van der Waals surface area contributed by atoms with Gasteiger partial charge in [0.1, 0.15) is 11.4 Å². The average Bonchev–Trinajstić information content (AvgIpc) is 2.64. The van der Waals surface area contributed by atoms with Crippen LogP contribution in [0.15, 0.2) is 42.5 Å². The van der Waals surface area contributed by atoms with Gasteiger partial charge in [0.25, 0.3) is 0 Å². The van der Waals surface area contributed by atoms with E-state index < -0.39 is 0 Å². The molecule has 2 aromatic carbocycles. The molecule has 0 saturated heterocycles. The van der Waals surface area contributed by atoms with Crippen molar-refractivity contribution < 1.29 is 19.0 Å². The summed E-state index contributed by atoms with van der Waals surface area (Å²) in [6.07, 6.45) is 5.38. The highest BCUT2D eigenvalue weighted by Crippen LogP contribution is 2.33. The van der Waals surface area contributed by atoms with E-state index in [0.29, 0.717) is 17.1 Å². The van der Waals surface area contributed by atoms with Crippen molar-refractivity contribution in [2.24, 2.45) is 0 Å². The molecule has 0 unspecified atom stereocenters. The summed E-state index contributed by atoms with van der Waals surface area (Å²) >= 11 is 0. The van der Waals surface area contributed by atoms with Crippen LogP contribution in [0.1, 0.15) is 41.8 Å². The van der Waals surface area contributed by atoms with E-state index in [1.54, 1.807) is 38.5 Å². The van der Waals surface area contributed by atoms with Crippen LogP contribution in [0.2, 0.25) is 0 Å². The van der Waals surface area contributed by atoms with Crippen LogP contribution in [0.4, 0.5) is 0 Å². The smallest absolute Gasteiger partial charge is 0.185 e. The minimum atomic E-state index is -0.117. The van der Waals surface area contributed by atoms with E-state index in [2.05, 4.69) is 19.9 Å². The van der Waals surface area contributed by atoms with Gasteiger partial charge in [-0.25, -0.2) is 0 Å². The first kappa shape index (κ1) is 18.1. The summed E-state index contributed by atoms with van der Waals surface area (Å²) in [4.78, 5) is 12.5. The van der Waals surface area contributed by atoms with E-state index in [1.165, 1.54) is 5.56 Å². The third-order valence-corrected chi connectivity index (χ3v) is 4.56. The fraction of sp³-hybridized carbons (Fsp3) is 0.318. The molecule has 0 aromatic heterocycles. The Morgan fingerprint density at radius 1 is 1.08 bits per heavy atom. The molecule has 0 aliphatic carbocycles. The van der Waals surface area contributed by atoms with Crippen molar-refractivity contribution in [1.29, 1.82) is 0 Å². The minimum Gasteiger partial charge on any atom is -0.493 e. The number of hydrogen-bond acceptors (Lipinski definition) is 4. The molecule has 4 nitrogen and oxygen atoms in total. The highest BCUT2D eigenvalue weighted by molar-refractivity contribution is 6.07. The number of fused-ring (bicyclic) bond motifs is 1. The van der Waals surface area contributed by atoms with Gasteiger partial charge in [-0.3, -0.25) is 4.79 Å². The van der Waals surface area contributed by atoms with Gasteiger partial charge in [-0.05, 0) is 74.2 Å². The normalized spacial score (nSPS) is 15.2. The van der Waals surface area contributed by atoms with Crippen LogP contribution in [0.25, 0.3) is 6.08 Å². The quantitative estimate of drug-likeness (QED) is 0.578. The Balaban J connectivity index is 1.77. The van der Waals surface area contributed by atoms with Crippen molar-refractivity contribution in [1.82, 2.24) is 0 Å². The van der Waals surface area contributed by atoms with Crippen molar-refractivity contribution in [3.05, 3.63) is 59.2 Å². The average molecular weight is 352 g/mol. The van der Waals surface area contributed by atoms with Crippen molar-refractivity contribution in [3.8, 4) is 17.2 Å². The Bertz CT molecular complexity index is 849. The van der Waals surface area contributed by atoms with Crippen LogP contribution >= 0.6 is 0 Å². The number of ketones is 1. The van der Waals surface area contributed by atoms with E-state index in [-0.39, 0.29) is 11.4 Å². The molecule has 2 aromatic rings. The number of ether oxygens (including phenoxy) is 3. The maximum Gasteiger partial charge on any atom is 0.185 e. The summed E-state index contributed by atoms with van der Waals surface area (Å²) in [6, 6.07) is 11.2. The summed E-state index contributed by atoms with van der Waals surface area (Å²) < 4.78 is 16.5. The first-order valence-corrected chi connectivity index (χ1v) is 8.68. The first-order valence-electron chi connectivity index (χ1n) is 8.68. The molecule has 4 heteroatoms. The molecule has 3 rings (SSSR count). The second-order valence-corrected chi connectivity index (χ2v) is 7.00. The summed E-state index contributed by atoms with van der Waals surface area (Å²) in [5.74, 6) is 2.00. The molecule has 0 bridgehead atoms. The Hall–Kier alpha value is -2.75. The number of allylic oxidation sites excluding steroid dienone is 1. The Morgan fingerprint density at radius 3 is 2.58 bits per heavy atom. The topological polar surface area (TPSA) is 44.8 Å². The standard InChI is InChI=1S/C22H24O4/c1-22(2)12-11-17-13-15(6-9-19(17)26-22)5-8-18(23)16-7-10-20(24-3)21(14-16)25-4/h5-10,13-14H,11-12H2,1-4H3/b8-5+. The molecular formula is C22H24O4. The lowest BCUT2D eigenvalue weighted by atomic mass is 9.93. The molecular weight excluding hydrogens is 328 g/mol. The summed E-state index contributed by atoms with van der Waals surface area (Å²) in [6.45, 7) is 4.21. The molecule has 1 heterocycles. The van der Waals surface area contributed by atoms with Gasteiger partial charge in [-0.2, -0.15) is 0 Å². The molecule has 0 atom stereocenters. The number of rotatable bonds is 5. The van der Waals surface area contributed by atoms with E-state index in [9.17, 15) is 4.79 Å². The van der Waals surface area contributed by atoms with Crippen molar-refractivity contribution in [2.45, 2.75) is 32.3 Å². The predicted octanol–water partition coefficient (Wildman–Crippen LogP) is 4.70. The largest absolute Gasteiger partial charge is 0.493 e. The van der Waals surface area contributed by atoms with Gasteiger partial charge >= 0.3 is 0 Å². The van der Waals surface area contributed by atoms with Gasteiger partial charge in [-0.1, -0.05) is 12.1 Å². The number of benzene rings is 2. The highest BCUT2D eigenvalue weighted by Gasteiger charge is 2.26. The van der Waals surface area contributed by atoms with Gasteiger partial charge < -0.3 is 14.2 Å². The predicted molar refractivity (Wildman–Crippen MR) is 102 cm³/mol. The van der Waals surface area contributed by atoms with Gasteiger partial charge in [0.2, 0.25) is 0 Å². The van der Waals surface area contributed by atoms with Crippen molar-refractivity contribution in [3.63, 3.8) is 0 Å². The number of methoxy groups -OCH3 is 2. The molecule has 0 N–H and O–H groups in total. The van der Waals surface area contributed by atoms with Gasteiger partial charge in [-0.15, -0.1) is 0 Å². The van der Waals surface area contributed by atoms with E-state index in [0.717, 1.165) is 24.2 Å². The maximum atomic E-state index is 12.5. The van der Waals surface area contributed by atoms with Gasteiger partial charge in [0.15, 0.2) is 17.3 Å². The molecule has 0 fully saturated rings. The summed E-state index contributed by atoms with van der Waals surface area (Å²) in [5, 5.41) is 0. The van der Waals surface area contributed by atoms with Gasteiger partial charge in [0.05, 0.1) is 14.2 Å². The van der Waals surface area contributed by atoms with Crippen LogP contribution in [0.3, 0.4) is 0 Å². The lowest BCUT2D eigenvalue weighted by Crippen LogP contribution is -2.32. The number of hydrogen-bond donors (Lipinski definition) is 0. The first-order chi connectivity index (χ1) is 12.4. The number of aryl methyl sites for hydroxylation is 1. The van der Waals surface area contributed by atoms with E-state index in [1.807, 2.05) is 18.2 Å². The monoisotopic (exact) mass is 352 g/mol. The van der Waals surface area contributed by atoms with Gasteiger partial charge in [0, 0.05) is 5.56 Å². The van der Waals surface area contributed by atoms with E-state index in [4.69, 9.17) is 14.2 Å². The zero-order valence-electron chi connectivity index (χ0n) is 15.7. The van der Waals surface area contributed by atoms with Crippen LogP contribution in [-0.4, -0.2) is 25.6 Å². The van der Waals surface area contributed by atoms with E-state index >= 15 is 0 Å². The third-order valence-electron chi connectivity index (χ3n) is 4.56. The Labute approximate surface area is 154 Å². The molecule has 136 valence electrons. The van der Waals surface area contributed by atoms with Crippen LogP contribution in [-0.2, 0) is 6.42 Å². The second-order valence-electron chi connectivity index (χ2n) is 7.00. The number of carbonyl (C=O) groups is 1. The van der Waals surface area contributed by atoms with Crippen LogP contribution in [0, 0.1) is 0 Å². The number of carbonyl (C=O) groups excluding carboxylic acids is 1. The molecule has 0 amide bonds. The molecule has 0 saturated carbocycles. The third kappa shape index (κ3) is 3.90.